The summed E-state index contributed by atoms with van der Waals surface area (Å²) in [7, 11) is 0. The molecule has 0 radical (unpaired) electrons. The number of benzene rings is 1. The third kappa shape index (κ3) is 3.53. The number of hydrogen-bond donors (Lipinski definition) is 1. The smallest absolute Gasteiger partial charge is 0.136 e. The number of rotatable bonds is 6. The lowest BCUT2D eigenvalue weighted by atomic mass is 10.2. The zero-order chi connectivity index (χ0) is 14.5. The Kier molecular flexibility index (Phi) is 5.46. The number of aromatic nitrogens is 2. The molecule has 0 fully saturated rings. The third-order valence-electron chi connectivity index (χ3n) is 2.87. The number of aryl methyl sites for hydroxylation is 1. The number of hydrogen-bond acceptors (Lipinski definition) is 3. The van der Waals surface area contributed by atoms with Crippen LogP contribution in [0.3, 0.4) is 0 Å². The predicted octanol–water partition coefficient (Wildman–Crippen LogP) is 3.88. The second kappa shape index (κ2) is 7.11. The van der Waals surface area contributed by atoms with E-state index in [1.807, 2.05) is 10.7 Å². The van der Waals surface area contributed by atoms with Crippen LogP contribution in [0.5, 0.6) is 0 Å². The molecule has 0 aliphatic carbocycles. The molecule has 108 valence electrons. The van der Waals surface area contributed by atoms with Crippen molar-refractivity contribution in [3.8, 4) is 0 Å². The topological polar surface area (TPSA) is 43.8 Å². The fourth-order valence-electron chi connectivity index (χ4n) is 1.95. The summed E-state index contributed by atoms with van der Waals surface area (Å²) >= 11 is 7.53. The zero-order valence-electron chi connectivity index (χ0n) is 11.2. The average Bonchev–Trinajstić information content (AvgIpc) is 2.79. The lowest BCUT2D eigenvalue weighted by Gasteiger charge is -2.14. The van der Waals surface area contributed by atoms with Gasteiger partial charge in [0.15, 0.2) is 0 Å². The highest BCUT2D eigenvalue weighted by Crippen LogP contribution is 2.28. The largest absolute Gasteiger partial charge is 0.322 e. The van der Waals surface area contributed by atoms with E-state index in [-0.39, 0.29) is 11.9 Å². The van der Waals surface area contributed by atoms with Crippen LogP contribution < -0.4 is 5.73 Å². The molecule has 0 spiro atoms. The van der Waals surface area contributed by atoms with Gasteiger partial charge < -0.3 is 5.73 Å². The Labute approximate surface area is 127 Å². The second-order valence-electron chi connectivity index (χ2n) is 4.45. The Balaban J connectivity index is 2.07. The molecule has 1 aromatic heterocycles. The molecule has 0 saturated heterocycles. The molecule has 1 atom stereocenters. The van der Waals surface area contributed by atoms with E-state index in [0.29, 0.717) is 15.7 Å². The molecule has 2 N–H and O–H groups in total. The van der Waals surface area contributed by atoms with E-state index < -0.39 is 0 Å². The van der Waals surface area contributed by atoms with E-state index in [0.717, 1.165) is 18.7 Å². The van der Waals surface area contributed by atoms with Crippen molar-refractivity contribution in [2.45, 2.75) is 30.8 Å². The highest BCUT2D eigenvalue weighted by Gasteiger charge is 2.17. The van der Waals surface area contributed by atoms with Gasteiger partial charge in [-0.3, -0.25) is 4.68 Å². The minimum absolute atomic E-state index is 0.224. The van der Waals surface area contributed by atoms with Gasteiger partial charge in [0.25, 0.3) is 0 Å². The van der Waals surface area contributed by atoms with Gasteiger partial charge in [-0.2, -0.15) is 5.10 Å². The number of halogens is 2. The predicted molar refractivity (Wildman–Crippen MR) is 81.6 cm³/mol. The molecule has 2 rings (SSSR count). The van der Waals surface area contributed by atoms with Crippen LogP contribution in [0.4, 0.5) is 4.39 Å². The molecule has 3 nitrogen and oxygen atoms in total. The summed E-state index contributed by atoms with van der Waals surface area (Å²) in [5.41, 5.74) is 7.00. The first-order valence-corrected chi connectivity index (χ1v) is 7.84. The molecular formula is C14H17ClFN3S. The standard InChI is InChI=1S/C14H17ClFN3S/c1-2-7-19-14(10(15)8-18-19)12(17)9-20-13-6-4-3-5-11(13)16/h3-6,8,12H,2,7,9,17H2,1H3. The van der Waals surface area contributed by atoms with E-state index in [1.165, 1.54) is 17.8 Å². The first-order valence-electron chi connectivity index (χ1n) is 6.47. The first kappa shape index (κ1) is 15.4. The van der Waals surface area contributed by atoms with Gasteiger partial charge >= 0.3 is 0 Å². The fraction of sp³-hybridized carbons (Fsp3) is 0.357. The summed E-state index contributed by atoms with van der Waals surface area (Å²) in [6.07, 6.45) is 2.57. The highest BCUT2D eigenvalue weighted by molar-refractivity contribution is 7.99. The Morgan fingerprint density at radius 1 is 1.45 bits per heavy atom. The summed E-state index contributed by atoms with van der Waals surface area (Å²) < 4.78 is 15.4. The van der Waals surface area contributed by atoms with Crippen LogP contribution >= 0.6 is 23.4 Å². The van der Waals surface area contributed by atoms with E-state index in [9.17, 15) is 4.39 Å². The number of nitrogens with two attached hydrogens (primary N) is 1. The van der Waals surface area contributed by atoms with Crippen molar-refractivity contribution in [1.29, 1.82) is 0 Å². The minimum Gasteiger partial charge on any atom is -0.322 e. The van der Waals surface area contributed by atoms with Gasteiger partial charge in [-0.15, -0.1) is 11.8 Å². The lowest BCUT2D eigenvalue weighted by molar-refractivity contribution is 0.554. The second-order valence-corrected chi connectivity index (χ2v) is 5.92. The summed E-state index contributed by atoms with van der Waals surface area (Å²) in [6.45, 7) is 2.85. The molecule has 0 bridgehead atoms. The third-order valence-corrected chi connectivity index (χ3v) is 4.33. The van der Waals surface area contributed by atoms with Crippen LogP contribution in [0.15, 0.2) is 35.4 Å². The molecule has 0 aliphatic heterocycles. The maximum atomic E-state index is 13.6. The monoisotopic (exact) mass is 313 g/mol. The fourth-order valence-corrected chi connectivity index (χ4v) is 3.13. The SMILES string of the molecule is CCCn1ncc(Cl)c1C(N)CSc1ccccc1F. The summed E-state index contributed by atoms with van der Waals surface area (Å²) in [6, 6.07) is 6.40. The maximum absolute atomic E-state index is 13.6. The van der Waals surface area contributed by atoms with Crippen molar-refractivity contribution >= 4 is 23.4 Å². The van der Waals surface area contributed by atoms with Crippen LogP contribution in [-0.4, -0.2) is 15.5 Å². The van der Waals surface area contributed by atoms with Gasteiger partial charge in [-0.25, -0.2) is 4.39 Å². The van der Waals surface area contributed by atoms with E-state index in [1.54, 1.807) is 18.3 Å². The molecular weight excluding hydrogens is 297 g/mol. The van der Waals surface area contributed by atoms with E-state index in [2.05, 4.69) is 12.0 Å². The summed E-state index contributed by atoms with van der Waals surface area (Å²) in [5, 5.41) is 4.79. The van der Waals surface area contributed by atoms with Gasteiger partial charge in [0.2, 0.25) is 0 Å². The van der Waals surface area contributed by atoms with Crippen molar-refractivity contribution in [2.24, 2.45) is 5.73 Å². The van der Waals surface area contributed by atoms with Crippen molar-refractivity contribution in [2.75, 3.05) is 5.75 Å². The van der Waals surface area contributed by atoms with Crippen molar-refractivity contribution < 1.29 is 4.39 Å². The minimum atomic E-state index is -0.277. The molecule has 0 aliphatic rings. The van der Waals surface area contributed by atoms with Gasteiger partial charge in [-0.05, 0) is 18.6 Å². The highest BCUT2D eigenvalue weighted by atomic mass is 35.5. The van der Waals surface area contributed by atoms with Crippen LogP contribution in [0, 0.1) is 5.82 Å². The number of nitrogens with zero attached hydrogens (tertiary/aromatic N) is 2. The van der Waals surface area contributed by atoms with Gasteiger partial charge in [0.1, 0.15) is 5.82 Å². The Morgan fingerprint density at radius 3 is 2.90 bits per heavy atom. The van der Waals surface area contributed by atoms with Crippen molar-refractivity contribution in [3.63, 3.8) is 0 Å². The molecule has 1 aromatic carbocycles. The summed E-state index contributed by atoms with van der Waals surface area (Å²) in [4.78, 5) is 0.598. The van der Waals surface area contributed by atoms with Gasteiger partial charge in [0, 0.05) is 17.2 Å². The van der Waals surface area contributed by atoms with Crippen LogP contribution in [-0.2, 0) is 6.54 Å². The van der Waals surface area contributed by atoms with Crippen LogP contribution in [0.25, 0.3) is 0 Å². The normalized spacial score (nSPS) is 12.6. The Morgan fingerprint density at radius 2 is 2.20 bits per heavy atom. The lowest BCUT2D eigenvalue weighted by Crippen LogP contribution is -2.19. The molecule has 6 heteroatoms. The van der Waals surface area contributed by atoms with E-state index >= 15 is 0 Å². The maximum Gasteiger partial charge on any atom is 0.136 e. The van der Waals surface area contributed by atoms with Crippen LogP contribution in [0.1, 0.15) is 25.1 Å². The van der Waals surface area contributed by atoms with Gasteiger partial charge in [-0.1, -0.05) is 30.7 Å². The van der Waals surface area contributed by atoms with E-state index in [4.69, 9.17) is 17.3 Å². The van der Waals surface area contributed by atoms with Crippen molar-refractivity contribution in [3.05, 3.63) is 47.0 Å². The quantitative estimate of drug-likeness (QED) is 0.823. The summed E-state index contributed by atoms with van der Waals surface area (Å²) in [5.74, 6) is 0.327. The molecule has 1 heterocycles. The Hall–Kier alpha value is -1.04. The average molecular weight is 314 g/mol. The molecule has 0 amide bonds. The molecule has 0 saturated carbocycles. The Bertz CT molecular complexity index is 573. The van der Waals surface area contributed by atoms with Crippen molar-refractivity contribution in [1.82, 2.24) is 9.78 Å². The number of thioether (sulfide) groups is 1. The first-order chi connectivity index (χ1) is 9.63. The molecule has 1 unspecified atom stereocenters. The molecule has 20 heavy (non-hydrogen) atoms. The zero-order valence-corrected chi connectivity index (χ0v) is 12.8. The molecule has 2 aromatic rings. The van der Waals surface area contributed by atoms with Crippen LogP contribution in [0.2, 0.25) is 5.02 Å². The van der Waals surface area contributed by atoms with Gasteiger partial charge in [0.05, 0.1) is 23.0 Å².